The number of hydrogen-bond acceptors (Lipinski definition) is 4. The molecule has 0 spiro atoms. The number of rotatable bonds is 8. The van der Waals surface area contributed by atoms with E-state index < -0.39 is 6.10 Å². The zero-order valence-electron chi connectivity index (χ0n) is 11.7. The molecule has 1 atom stereocenters. The Kier molecular flexibility index (Phi) is 6.79. The van der Waals surface area contributed by atoms with Gasteiger partial charge in [-0.05, 0) is 44.1 Å². The Labute approximate surface area is 129 Å². The standard InChI is InChI=1S/C15H23BrN2O2/c16-13-4-3-5-15(10-13)20-12-14(19)11-17-6-9-18-7-1-2-8-18/h3-5,10,14,17,19H,1-2,6-9,11-12H2. The van der Waals surface area contributed by atoms with Crippen LogP contribution in [0.1, 0.15) is 12.8 Å². The molecule has 0 saturated carbocycles. The average Bonchev–Trinajstić information content (AvgIpc) is 2.95. The Morgan fingerprint density at radius 2 is 2.15 bits per heavy atom. The van der Waals surface area contributed by atoms with E-state index in [4.69, 9.17) is 4.74 Å². The van der Waals surface area contributed by atoms with Crippen molar-refractivity contribution >= 4 is 15.9 Å². The van der Waals surface area contributed by atoms with E-state index in [1.807, 2.05) is 24.3 Å². The number of nitrogens with zero attached hydrogens (tertiary/aromatic N) is 1. The molecule has 1 saturated heterocycles. The Morgan fingerprint density at radius 1 is 1.35 bits per heavy atom. The lowest BCUT2D eigenvalue weighted by atomic mass is 10.3. The summed E-state index contributed by atoms with van der Waals surface area (Å²) in [7, 11) is 0. The highest BCUT2D eigenvalue weighted by molar-refractivity contribution is 9.10. The number of ether oxygens (including phenoxy) is 1. The molecule has 1 fully saturated rings. The number of nitrogens with one attached hydrogen (secondary N) is 1. The van der Waals surface area contributed by atoms with Crippen molar-refractivity contribution in [2.24, 2.45) is 0 Å². The average molecular weight is 343 g/mol. The van der Waals surface area contributed by atoms with Gasteiger partial charge in [-0.15, -0.1) is 0 Å². The molecule has 2 N–H and O–H groups in total. The number of aliphatic hydroxyl groups is 1. The second-order valence-electron chi connectivity index (χ2n) is 5.18. The lowest BCUT2D eigenvalue weighted by Gasteiger charge is -2.17. The van der Waals surface area contributed by atoms with E-state index >= 15 is 0 Å². The molecule has 1 aliphatic rings. The Morgan fingerprint density at radius 3 is 2.90 bits per heavy atom. The fourth-order valence-electron chi connectivity index (χ4n) is 2.32. The predicted octanol–water partition coefficient (Wildman–Crippen LogP) is 1.87. The maximum Gasteiger partial charge on any atom is 0.120 e. The van der Waals surface area contributed by atoms with E-state index in [2.05, 4.69) is 26.1 Å². The summed E-state index contributed by atoms with van der Waals surface area (Å²) in [5, 5.41) is 13.1. The van der Waals surface area contributed by atoms with Crippen molar-refractivity contribution in [2.45, 2.75) is 18.9 Å². The third kappa shape index (κ3) is 5.79. The topological polar surface area (TPSA) is 44.7 Å². The first-order valence-electron chi connectivity index (χ1n) is 7.23. The highest BCUT2D eigenvalue weighted by atomic mass is 79.9. The van der Waals surface area contributed by atoms with Gasteiger partial charge in [0.05, 0.1) is 0 Å². The number of aliphatic hydroxyl groups excluding tert-OH is 1. The molecule has 20 heavy (non-hydrogen) atoms. The summed E-state index contributed by atoms with van der Waals surface area (Å²) in [6.45, 7) is 5.31. The van der Waals surface area contributed by atoms with Gasteiger partial charge in [-0.3, -0.25) is 0 Å². The van der Waals surface area contributed by atoms with Crippen LogP contribution in [0.4, 0.5) is 0 Å². The SMILES string of the molecule is OC(CNCCN1CCCC1)COc1cccc(Br)c1. The fourth-order valence-corrected chi connectivity index (χ4v) is 2.70. The van der Waals surface area contributed by atoms with E-state index in [1.54, 1.807) is 0 Å². The second kappa shape index (κ2) is 8.62. The van der Waals surface area contributed by atoms with Crippen LogP contribution >= 0.6 is 15.9 Å². The van der Waals surface area contributed by atoms with Gasteiger partial charge in [0.2, 0.25) is 0 Å². The van der Waals surface area contributed by atoms with Gasteiger partial charge in [0.1, 0.15) is 18.5 Å². The fraction of sp³-hybridized carbons (Fsp3) is 0.600. The van der Waals surface area contributed by atoms with E-state index in [1.165, 1.54) is 25.9 Å². The van der Waals surface area contributed by atoms with Crippen LogP contribution < -0.4 is 10.1 Å². The van der Waals surface area contributed by atoms with Crippen molar-refractivity contribution < 1.29 is 9.84 Å². The summed E-state index contributed by atoms with van der Waals surface area (Å²) in [4.78, 5) is 2.46. The van der Waals surface area contributed by atoms with Gasteiger partial charge in [0.15, 0.2) is 0 Å². The molecular formula is C15H23BrN2O2. The molecule has 0 aromatic heterocycles. The van der Waals surface area contributed by atoms with Gasteiger partial charge in [-0.1, -0.05) is 22.0 Å². The number of halogens is 1. The van der Waals surface area contributed by atoms with Crippen molar-refractivity contribution in [1.29, 1.82) is 0 Å². The van der Waals surface area contributed by atoms with Crippen LogP contribution in [0.25, 0.3) is 0 Å². The first kappa shape index (κ1) is 15.8. The Bertz CT molecular complexity index is 397. The summed E-state index contributed by atoms with van der Waals surface area (Å²) in [5.74, 6) is 0.774. The third-order valence-corrected chi connectivity index (χ3v) is 3.92. The second-order valence-corrected chi connectivity index (χ2v) is 6.09. The van der Waals surface area contributed by atoms with Gasteiger partial charge >= 0.3 is 0 Å². The third-order valence-electron chi connectivity index (χ3n) is 3.42. The summed E-state index contributed by atoms with van der Waals surface area (Å²) in [6, 6.07) is 7.65. The van der Waals surface area contributed by atoms with Crippen molar-refractivity contribution in [2.75, 3.05) is 39.3 Å². The van der Waals surface area contributed by atoms with Crippen molar-refractivity contribution in [3.05, 3.63) is 28.7 Å². The van der Waals surface area contributed by atoms with Crippen LogP contribution in [-0.4, -0.2) is 55.4 Å². The molecule has 0 bridgehead atoms. The molecule has 1 aliphatic heterocycles. The molecule has 1 unspecified atom stereocenters. The minimum atomic E-state index is -0.479. The van der Waals surface area contributed by atoms with Crippen LogP contribution in [0.2, 0.25) is 0 Å². The van der Waals surface area contributed by atoms with Gasteiger partial charge in [-0.2, -0.15) is 0 Å². The maximum absolute atomic E-state index is 9.86. The largest absolute Gasteiger partial charge is 0.491 e. The first-order valence-corrected chi connectivity index (χ1v) is 8.03. The van der Waals surface area contributed by atoms with Gasteiger partial charge in [0.25, 0.3) is 0 Å². The van der Waals surface area contributed by atoms with Gasteiger partial charge in [0, 0.05) is 24.1 Å². The number of benzene rings is 1. The van der Waals surface area contributed by atoms with Crippen LogP contribution in [0.15, 0.2) is 28.7 Å². The zero-order valence-corrected chi connectivity index (χ0v) is 13.3. The number of likely N-dealkylation sites (tertiary alicyclic amines) is 1. The minimum absolute atomic E-state index is 0.313. The Hall–Kier alpha value is -0.620. The summed E-state index contributed by atoms with van der Waals surface area (Å²) in [6.07, 6.45) is 2.17. The predicted molar refractivity (Wildman–Crippen MR) is 84.2 cm³/mol. The highest BCUT2D eigenvalue weighted by Gasteiger charge is 2.11. The molecular weight excluding hydrogens is 320 g/mol. The molecule has 112 valence electrons. The van der Waals surface area contributed by atoms with E-state index in [9.17, 15) is 5.11 Å². The van der Waals surface area contributed by atoms with Crippen LogP contribution in [-0.2, 0) is 0 Å². The molecule has 1 aromatic carbocycles. The van der Waals surface area contributed by atoms with Crippen LogP contribution in [0, 0.1) is 0 Å². The molecule has 0 amide bonds. The van der Waals surface area contributed by atoms with Crippen molar-refractivity contribution in [3.63, 3.8) is 0 Å². The van der Waals surface area contributed by atoms with Crippen LogP contribution in [0.5, 0.6) is 5.75 Å². The van der Waals surface area contributed by atoms with E-state index in [0.717, 1.165) is 23.3 Å². The van der Waals surface area contributed by atoms with Crippen LogP contribution in [0.3, 0.4) is 0 Å². The molecule has 2 rings (SSSR count). The molecule has 1 heterocycles. The summed E-state index contributed by atoms with van der Waals surface area (Å²) < 4.78 is 6.53. The molecule has 5 heteroatoms. The monoisotopic (exact) mass is 342 g/mol. The molecule has 0 radical (unpaired) electrons. The van der Waals surface area contributed by atoms with Crippen molar-refractivity contribution in [1.82, 2.24) is 10.2 Å². The van der Waals surface area contributed by atoms with Gasteiger partial charge < -0.3 is 20.1 Å². The molecule has 4 nitrogen and oxygen atoms in total. The Balaban J connectivity index is 1.54. The highest BCUT2D eigenvalue weighted by Crippen LogP contribution is 2.17. The summed E-state index contributed by atoms with van der Waals surface area (Å²) in [5.41, 5.74) is 0. The quantitative estimate of drug-likeness (QED) is 0.708. The first-order chi connectivity index (χ1) is 9.74. The normalized spacial score (nSPS) is 17.3. The maximum atomic E-state index is 9.86. The molecule has 0 aliphatic carbocycles. The lowest BCUT2D eigenvalue weighted by Crippen LogP contribution is -2.36. The minimum Gasteiger partial charge on any atom is -0.491 e. The summed E-state index contributed by atoms with van der Waals surface area (Å²) >= 11 is 3.39. The van der Waals surface area contributed by atoms with E-state index in [0.29, 0.717) is 13.2 Å². The van der Waals surface area contributed by atoms with Gasteiger partial charge in [-0.25, -0.2) is 0 Å². The van der Waals surface area contributed by atoms with Crippen molar-refractivity contribution in [3.8, 4) is 5.75 Å². The smallest absolute Gasteiger partial charge is 0.120 e. The zero-order chi connectivity index (χ0) is 14.2. The van der Waals surface area contributed by atoms with E-state index in [-0.39, 0.29) is 0 Å². The number of hydrogen-bond donors (Lipinski definition) is 2. The lowest BCUT2D eigenvalue weighted by molar-refractivity contribution is 0.106. The molecule has 1 aromatic rings.